The number of nitrogens with zero attached hydrogens (tertiary/aromatic N) is 14. The van der Waals surface area contributed by atoms with Crippen molar-refractivity contribution in [1.82, 2.24) is 67.7 Å². The predicted octanol–water partition coefficient (Wildman–Crippen LogP) is 26.5. The van der Waals surface area contributed by atoms with Crippen LogP contribution in [-0.4, -0.2) is 67.7 Å². The van der Waals surface area contributed by atoms with Gasteiger partial charge in [0.25, 0.3) is 0 Å². The molecule has 0 radical (unpaired) electrons. The molecule has 0 saturated heterocycles. The Balaban J connectivity index is 0.000000108. The normalized spacial score (nSPS) is 11.9. The Kier molecular flexibility index (Phi) is 17.1. The minimum absolute atomic E-state index is 0.261. The molecule has 0 aliphatic carbocycles. The summed E-state index contributed by atoms with van der Waals surface area (Å²) < 4.78 is 11.6. The third-order valence-electron chi connectivity index (χ3n) is 23.8. The lowest BCUT2D eigenvalue weighted by molar-refractivity contribution is 0.547. The Labute approximate surface area is 705 Å². The maximum atomic E-state index is 5.26. The molecule has 11 heterocycles. The summed E-state index contributed by atoms with van der Waals surface area (Å²) in [5, 5.41) is 15.2. The van der Waals surface area contributed by atoms with Crippen molar-refractivity contribution >= 4 is 142 Å². The molecule has 25 aromatic rings. The average Bonchev–Trinajstić information content (AvgIpc) is 1.61. The maximum Gasteiger partial charge on any atom is 0.160 e. The molecular weight excluding hydrogens is 1510 g/mol. The van der Waals surface area contributed by atoms with Gasteiger partial charge in [0.15, 0.2) is 17.5 Å². The van der Waals surface area contributed by atoms with E-state index in [1.54, 1.807) is 12.4 Å². The van der Waals surface area contributed by atoms with Crippen LogP contribution in [0.4, 0.5) is 0 Å². The van der Waals surface area contributed by atoms with Crippen LogP contribution in [0.1, 0.15) is 26.6 Å². The molecule has 0 unspecified atom stereocenters. The number of hydrogen-bond acceptors (Lipinski definition) is 9. The van der Waals surface area contributed by atoms with Crippen LogP contribution in [0.25, 0.3) is 216 Å². The first-order valence-electron chi connectivity index (χ1n) is 41.4. The van der Waals surface area contributed by atoms with Crippen LogP contribution in [0.3, 0.4) is 0 Å². The number of para-hydroxylation sites is 10. The monoisotopic (exact) mass is 1580 g/mol. The summed E-state index contributed by atoms with van der Waals surface area (Å²) in [5.41, 5.74) is 24.0. The first kappa shape index (κ1) is 71.8. The molecule has 0 aliphatic heterocycles. The highest BCUT2D eigenvalue weighted by atomic mass is 15.1. The molecule has 0 saturated carbocycles. The van der Waals surface area contributed by atoms with E-state index in [9.17, 15) is 0 Å². The fraction of sp³-hybridized carbons (Fsp3) is 0.0367. The summed E-state index contributed by atoms with van der Waals surface area (Å²) in [5.74, 6) is 3.01. The second-order valence-electron chi connectivity index (χ2n) is 32.1. The lowest BCUT2D eigenvalue weighted by atomic mass is 9.95. The van der Waals surface area contributed by atoms with E-state index in [0.717, 1.165) is 123 Å². The van der Waals surface area contributed by atoms with E-state index in [-0.39, 0.29) is 5.41 Å². The van der Waals surface area contributed by atoms with E-state index in [0.29, 0.717) is 11.6 Å². The Morgan fingerprint density at radius 1 is 0.211 bits per heavy atom. The second-order valence-corrected chi connectivity index (χ2v) is 32.1. The zero-order valence-corrected chi connectivity index (χ0v) is 67.3. The van der Waals surface area contributed by atoms with E-state index in [4.69, 9.17) is 34.9 Å². The van der Waals surface area contributed by atoms with E-state index >= 15 is 0 Å². The van der Waals surface area contributed by atoms with Gasteiger partial charge in [-0.05, 0) is 133 Å². The Morgan fingerprint density at radius 3 is 0.837 bits per heavy atom. The van der Waals surface area contributed by atoms with Gasteiger partial charge in [0.1, 0.15) is 11.3 Å². The smallest absolute Gasteiger partial charge is 0.160 e. The van der Waals surface area contributed by atoms with Crippen LogP contribution in [0, 0.1) is 0 Å². The number of hydrogen-bond donors (Lipinski definition) is 0. The third-order valence-corrected chi connectivity index (χ3v) is 23.8. The average molecular weight is 1580 g/mol. The summed E-state index contributed by atoms with van der Waals surface area (Å²) in [7, 11) is 0. The lowest BCUT2D eigenvalue weighted by Crippen LogP contribution is -2.18. The second kappa shape index (κ2) is 29.3. The first-order valence-corrected chi connectivity index (χ1v) is 41.4. The van der Waals surface area contributed by atoms with Gasteiger partial charge in [0, 0.05) is 128 Å². The highest BCUT2D eigenvalue weighted by Gasteiger charge is 2.27. The van der Waals surface area contributed by atoms with Crippen molar-refractivity contribution in [2.45, 2.75) is 26.2 Å². The largest absolute Gasteiger partial charge is 0.309 e. The molecule has 0 amide bonds. The molecular formula is C109H74N14. The molecule has 0 atom stereocenters. The van der Waals surface area contributed by atoms with E-state index < -0.39 is 0 Å². The summed E-state index contributed by atoms with van der Waals surface area (Å²) in [6, 6.07) is 126. The SMILES string of the molecule is CC(C)(C)c1nc(-n2c3ccccc3c3ccccc32)c2cncc(-n3c4ccccc4c4ccccc43)c2n1.c1ccc(-c2nc(-c3ccc(-n4c5ccccc5c5ccccc54)cc3)nc3cnccc23)cc1.c1ccc2c(c1)c1ccccc1n2-c1ccc(-c2nc(-c3ccc(-n4c5ccccc5c5ccccc54)cc3)c3ccncc3n2)cc1. The molecule has 0 bridgehead atoms. The van der Waals surface area contributed by atoms with Gasteiger partial charge in [-0.1, -0.05) is 245 Å². The van der Waals surface area contributed by atoms with Gasteiger partial charge in [-0.3, -0.25) is 19.5 Å². The zero-order chi connectivity index (χ0) is 81.8. The zero-order valence-electron chi connectivity index (χ0n) is 67.3. The predicted molar refractivity (Wildman–Crippen MR) is 504 cm³/mol. The van der Waals surface area contributed by atoms with Crippen molar-refractivity contribution in [2.75, 3.05) is 0 Å². The van der Waals surface area contributed by atoms with Gasteiger partial charge in [-0.15, -0.1) is 0 Å². The molecule has 11 aromatic heterocycles. The van der Waals surface area contributed by atoms with Crippen molar-refractivity contribution in [3.8, 4) is 73.9 Å². The minimum Gasteiger partial charge on any atom is -0.309 e. The molecule has 123 heavy (non-hydrogen) atoms. The van der Waals surface area contributed by atoms with Crippen LogP contribution in [0.5, 0.6) is 0 Å². The van der Waals surface area contributed by atoms with E-state index in [2.05, 4.69) is 381 Å². The van der Waals surface area contributed by atoms with Crippen molar-refractivity contribution < 1.29 is 0 Å². The number of fused-ring (bicyclic) bond motifs is 18. The Morgan fingerprint density at radius 2 is 0.504 bits per heavy atom. The van der Waals surface area contributed by atoms with Crippen molar-refractivity contribution in [3.63, 3.8) is 0 Å². The fourth-order valence-corrected chi connectivity index (χ4v) is 18.2. The molecule has 14 heteroatoms. The molecule has 14 aromatic carbocycles. The van der Waals surface area contributed by atoms with Crippen LogP contribution in [0.15, 0.2) is 395 Å². The Hall–Kier alpha value is -16.5. The van der Waals surface area contributed by atoms with Crippen molar-refractivity contribution in [2.24, 2.45) is 0 Å². The number of pyridine rings is 3. The summed E-state index contributed by atoms with van der Waals surface area (Å²) in [6.07, 6.45) is 11.1. The van der Waals surface area contributed by atoms with Gasteiger partial charge >= 0.3 is 0 Å². The minimum atomic E-state index is -0.261. The molecule has 580 valence electrons. The van der Waals surface area contributed by atoms with E-state index in [1.807, 2.05) is 55.1 Å². The molecule has 0 spiro atoms. The molecule has 0 fully saturated rings. The maximum absolute atomic E-state index is 5.26. The molecule has 25 rings (SSSR count). The fourth-order valence-electron chi connectivity index (χ4n) is 18.2. The highest BCUT2D eigenvalue weighted by Crippen LogP contribution is 2.42. The van der Waals surface area contributed by atoms with Crippen molar-refractivity contribution in [1.29, 1.82) is 0 Å². The number of rotatable bonds is 9. The quantitative estimate of drug-likeness (QED) is 0.138. The molecule has 0 aliphatic rings. The number of benzene rings is 14. The van der Waals surface area contributed by atoms with Gasteiger partial charge in [0.05, 0.1) is 107 Å². The van der Waals surface area contributed by atoms with Crippen LogP contribution in [0.2, 0.25) is 0 Å². The van der Waals surface area contributed by atoms with Gasteiger partial charge in [-0.25, -0.2) is 29.9 Å². The van der Waals surface area contributed by atoms with Crippen LogP contribution < -0.4 is 0 Å². The topological polar surface area (TPSA) is 141 Å². The summed E-state index contributed by atoms with van der Waals surface area (Å²) in [4.78, 5) is 44.0. The van der Waals surface area contributed by atoms with E-state index in [1.165, 1.54) is 87.0 Å². The van der Waals surface area contributed by atoms with Crippen molar-refractivity contribution in [3.05, 3.63) is 401 Å². The third kappa shape index (κ3) is 12.1. The van der Waals surface area contributed by atoms with Crippen LogP contribution >= 0.6 is 0 Å². The van der Waals surface area contributed by atoms with Gasteiger partial charge < -0.3 is 18.3 Å². The number of aromatic nitrogens is 14. The summed E-state index contributed by atoms with van der Waals surface area (Å²) >= 11 is 0. The molecule has 0 N–H and O–H groups in total. The molecule has 14 nitrogen and oxygen atoms in total. The summed E-state index contributed by atoms with van der Waals surface area (Å²) in [6.45, 7) is 6.52. The highest BCUT2D eigenvalue weighted by molar-refractivity contribution is 6.15. The van der Waals surface area contributed by atoms with Crippen LogP contribution in [-0.2, 0) is 5.41 Å². The Bertz CT molecular complexity index is 8220. The van der Waals surface area contributed by atoms with Gasteiger partial charge in [0.2, 0.25) is 0 Å². The standard InChI is InChI=1S/C43H27N5.C35H27N5.C31H20N4/c1-5-13-38-32(9-1)33-10-2-6-14-39(33)47(38)30-21-17-28(18-22-30)42-36-25-26-44-27-37(36)45-43(46-42)29-19-23-31(24-20-29)48-40-15-7-3-11-34(40)35-12-4-8-16-41(35)48;1-35(2,3)34-37-32-26(33(38-34)40-29-18-10-6-14-24(29)25-15-7-11-19-30(25)40)20-36-21-31(32)39-27-16-8-4-12-22(27)23-13-5-9-17-28(23)39;1-2-8-21(9-3-1)30-26-18-19-32-20-27(26)33-31(34-30)22-14-16-23(17-15-22)35-28-12-6-4-10-24(28)25-11-5-7-13-29(25)35/h1-27H;4-21H,1-3H3;1-20H. The van der Waals surface area contributed by atoms with Gasteiger partial charge in [-0.2, -0.15) is 0 Å². The lowest BCUT2D eigenvalue weighted by Gasteiger charge is -2.21. The first-order chi connectivity index (χ1) is 60.7.